The zero-order chi connectivity index (χ0) is 24.0. The molecule has 3 aromatic rings. The molecule has 2 aromatic carbocycles. The van der Waals surface area contributed by atoms with Gasteiger partial charge in [0.2, 0.25) is 5.72 Å². The highest BCUT2D eigenvalue weighted by Crippen LogP contribution is 2.44. The van der Waals surface area contributed by atoms with Crippen molar-refractivity contribution in [3.05, 3.63) is 82.0 Å². The lowest BCUT2D eigenvalue weighted by atomic mass is 9.79. The Morgan fingerprint density at radius 2 is 1.73 bits per heavy atom. The predicted molar refractivity (Wildman–Crippen MR) is 114 cm³/mol. The number of aliphatic hydroxyl groups is 1. The van der Waals surface area contributed by atoms with Crippen molar-refractivity contribution in [2.24, 2.45) is 5.92 Å². The van der Waals surface area contributed by atoms with E-state index in [9.17, 15) is 27.9 Å². The third kappa shape index (κ3) is 4.19. The second-order valence-electron chi connectivity index (χ2n) is 7.38. The second-order valence-corrected chi connectivity index (χ2v) is 8.19. The number of carbonyl (C=O) groups is 2. The van der Waals surface area contributed by atoms with Gasteiger partial charge in [0, 0.05) is 11.1 Å². The van der Waals surface area contributed by atoms with Crippen molar-refractivity contribution in [1.29, 1.82) is 0 Å². The van der Waals surface area contributed by atoms with Crippen molar-refractivity contribution < 1.29 is 32.3 Å². The van der Waals surface area contributed by atoms with Gasteiger partial charge in [-0.2, -0.15) is 13.2 Å². The van der Waals surface area contributed by atoms with Crippen LogP contribution in [0.4, 0.5) is 18.0 Å². The van der Waals surface area contributed by atoms with Crippen molar-refractivity contribution in [2.75, 3.05) is 0 Å². The molecule has 11 heteroatoms. The average molecular weight is 499 g/mol. The summed E-state index contributed by atoms with van der Waals surface area (Å²) >= 11 is 11.9. The summed E-state index contributed by atoms with van der Waals surface area (Å²) < 4.78 is 47.6. The van der Waals surface area contributed by atoms with Crippen LogP contribution in [0.2, 0.25) is 10.0 Å². The van der Waals surface area contributed by atoms with Gasteiger partial charge < -0.3 is 20.2 Å². The van der Waals surface area contributed by atoms with E-state index in [0.717, 1.165) is 0 Å². The molecule has 1 aliphatic heterocycles. The zero-order valence-corrected chi connectivity index (χ0v) is 18.0. The van der Waals surface area contributed by atoms with Gasteiger partial charge in [-0.25, -0.2) is 4.79 Å². The van der Waals surface area contributed by atoms with E-state index in [4.69, 9.17) is 27.6 Å². The predicted octanol–water partition coefficient (Wildman–Crippen LogP) is 5.36. The smallest absolute Gasteiger partial charge is 0.437 e. The highest BCUT2D eigenvalue weighted by Gasteiger charge is 2.66. The first-order valence-electron chi connectivity index (χ1n) is 9.53. The van der Waals surface area contributed by atoms with Gasteiger partial charge in [-0.05, 0) is 30.3 Å². The van der Waals surface area contributed by atoms with Crippen LogP contribution < -0.4 is 10.6 Å². The van der Waals surface area contributed by atoms with Crippen molar-refractivity contribution in [1.82, 2.24) is 10.6 Å². The fraction of sp³-hybridized carbons (Fsp3) is 0.182. The molecule has 3 N–H and O–H groups in total. The summed E-state index contributed by atoms with van der Waals surface area (Å²) in [5, 5.41) is 14.9. The summed E-state index contributed by atoms with van der Waals surface area (Å²) in [6.07, 6.45) is -5.36. The van der Waals surface area contributed by atoms with Gasteiger partial charge in [0.25, 0.3) is 0 Å². The normalized spacial score (nSPS) is 23.0. The topological polar surface area (TPSA) is 91.6 Å². The Kier molecular flexibility index (Phi) is 5.90. The molecule has 1 aliphatic rings. The summed E-state index contributed by atoms with van der Waals surface area (Å²) in [7, 11) is 0. The van der Waals surface area contributed by atoms with Crippen molar-refractivity contribution >= 4 is 35.0 Å². The number of amides is 2. The minimum absolute atomic E-state index is 0.0793. The van der Waals surface area contributed by atoms with Gasteiger partial charge in [0.05, 0.1) is 10.0 Å². The standard InChI is InChI=1S/C22H15Cl2F3N2O4/c23-13-7-6-12(10-14(13)24)15-8-9-16(33-15)18-17(19(30)11-4-2-1-3-5-11)21(32,22(25,26)27)29-20(31)28-18/h1-10,17-18,32H,(H2,28,29,31)/t17-,18+,21+/m1/s1. The molecular formula is C22H15Cl2F3N2O4. The number of alkyl halides is 3. The summed E-state index contributed by atoms with van der Waals surface area (Å²) in [6.45, 7) is 0. The van der Waals surface area contributed by atoms with Gasteiger partial charge in [0.15, 0.2) is 5.78 Å². The number of Topliss-reactive ketones (excluding diaryl/α,β-unsaturated/α-hetero) is 1. The largest absolute Gasteiger partial charge is 0.459 e. The first kappa shape index (κ1) is 23.2. The number of hydrogen-bond donors (Lipinski definition) is 3. The molecule has 0 radical (unpaired) electrons. The van der Waals surface area contributed by atoms with E-state index in [-0.39, 0.29) is 22.1 Å². The monoisotopic (exact) mass is 498 g/mol. The maximum Gasteiger partial charge on any atom is 0.437 e. The molecule has 1 fully saturated rings. The van der Waals surface area contributed by atoms with Gasteiger partial charge in [-0.1, -0.05) is 53.5 Å². The van der Waals surface area contributed by atoms with E-state index >= 15 is 0 Å². The van der Waals surface area contributed by atoms with Gasteiger partial charge in [0.1, 0.15) is 23.5 Å². The van der Waals surface area contributed by atoms with E-state index in [1.165, 1.54) is 53.8 Å². The molecule has 1 aromatic heterocycles. The quantitative estimate of drug-likeness (QED) is 0.422. The van der Waals surface area contributed by atoms with Crippen LogP contribution in [0.5, 0.6) is 0 Å². The maximum absolute atomic E-state index is 14.0. The lowest BCUT2D eigenvalue weighted by Gasteiger charge is -2.44. The molecule has 3 atom stereocenters. The molecule has 172 valence electrons. The Morgan fingerprint density at radius 1 is 1.03 bits per heavy atom. The lowest BCUT2D eigenvalue weighted by molar-refractivity contribution is -0.288. The van der Waals surface area contributed by atoms with Crippen molar-refractivity contribution in [3.63, 3.8) is 0 Å². The van der Waals surface area contributed by atoms with Crippen LogP contribution in [-0.2, 0) is 0 Å². The Labute approximate surface area is 195 Å². The number of ketones is 1. The first-order chi connectivity index (χ1) is 15.5. The number of nitrogens with one attached hydrogen (secondary N) is 2. The molecule has 6 nitrogen and oxygen atoms in total. The van der Waals surface area contributed by atoms with Crippen LogP contribution in [0.1, 0.15) is 22.2 Å². The third-order valence-corrected chi connectivity index (χ3v) is 6.02. The van der Waals surface area contributed by atoms with E-state index in [2.05, 4.69) is 5.32 Å². The van der Waals surface area contributed by atoms with E-state index < -0.39 is 35.7 Å². The number of carbonyl (C=O) groups excluding carboxylic acids is 2. The highest BCUT2D eigenvalue weighted by molar-refractivity contribution is 6.42. The van der Waals surface area contributed by atoms with Crippen LogP contribution in [0, 0.1) is 5.92 Å². The number of urea groups is 1. The minimum Gasteiger partial charge on any atom is -0.459 e. The second kappa shape index (κ2) is 8.40. The first-order valence-corrected chi connectivity index (χ1v) is 10.3. The van der Waals surface area contributed by atoms with Crippen LogP contribution in [-0.4, -0.2) is 28.8 Å². The van der Waals surface area contributed by atoms with Crippen LogP contribution in [0.25, 0.3) is 11.3 Å². The van der Waals surface area contributed by atoms with E-state index in [0.29, 0.717) is 10.6 Å². The average Bonchev–Trinajstić information content (AvgIpc) is 3.25. The highest BCUT2D eigenvalue weighted by atomic mass is 35.5. The molecule has 2 heterocycles. The summed E-state index contributed by atoms with van der Waals surface area (Å²) in [5.41, 5.74) is -3.46. The number of furan rings is 1. The maximum atomic E-state index is 14.0. The molecular weight excluding hydrogens is 484 g/mol. The van der Waals surface area contributed by atoms with E-state index in [1.807, 2.05) is 0 Å². The Balaban J connectivity index is 1.81. The lowest BCUT2D eigenvalue weighted by Crippen LogP contribution is -2.72. The molecule has 2 amide bonds. The van der Waals surface area contributed by atoms with Gasteiger partial charge >= 0.3 is 12.2 Å². The fourth-order valence-electron chi connectivity index (χ4n) is 3.68. The summed E-state index contributed by atoms with van der Waals surface area (Å²) in [6, 6.07) is 11.6. The molecule has 0 spiro atoms. The molecule has 1 saturated heterocycles. The van der Waals surface area contributed by atoms with Crippen molar-refractivity contribution in [3.8, 4) is 11.3 Å². The molecule has 4 rings (SSSR count). The molecule has 0 unspecified atom stereocenters. The summed E-state index contributed by atoms with van der Waals surface area (Å²) in [5.74, 6) is -3.19. The minimum atomic E-state index is -5.36. The Morgan fingerprint density at radius 3 is 2.36 bits per heavy atom. The van der Waals surface area contributed by atoms with Crippen LogP contribution >= 0.6 is 23.2 Å². The zero-order valence-electron chi connectivity index (χ0n) is 16.5. The molecule has 33 heavy (non-hydrogen) atoms. The van der Waals surface area contributed by atoms with Crippen LogP contribution in [0.3, 0.4) is 0 Å². The summed E-state index contributed by atoms with van der Waals surface area (Å²) in [4.78, 5) is 25.3. The molecule has 0 bridgehead atoms. The van der Waals surface area contributed by atoms with Crippen LogP contribution in [0.15, 0.2) is 65.1 Å². The Bertz CT molecular complexity index is 1220. The SMILES string of the molecule is O=C1N[C@@H](c2ccc(-c3ccc(Cl)c(Cl)c3)o2)[C@H](C(=O)c2ccccc2)[C@](O)(C(F)(F)F)N1. The number of rotatable bonds is 4. The molecule has 0 saturated carbocycles. The number of benzene rings is 2. The van der Waals surface area contributed by atoms with Gasteiger partial charge in [-0.3, -0.25) is 4.79 Å². The Hall–Kier alpha value is -3.01. The van der Waals surface area contributed by atoms with Crippen molar-refractivity contribution in [2.45, 2.75) is 17.9 Å². The fourth-order valence-corrected chi connectivity index (χ4v) is 3.98. The number of hydrogen-bond acceptors (Lipinski definition) is 4. The van der Waals surface area contributed by atoms with E-state index in [1.54, 1.807) is 12.1 Å². The van der Waals surface area contributed by atoms with Gasteiger partial charge in [-0.15, -0.1) is 0 Å². The third-order valence-electron chi connectivity index (χ3n) is 5.28. The number of halogens is 5. The molecule has 0 aliphatic carbocycles.